The van der Waals surface area contributed by atoms with Gasteiger partial charge in [0.05, 0.1) is 0 Å². The lowest BCUT2D eigenvalue weighted by Gasteiger charge is -2.13. The quantitative estimate of drug-likeness (QED) is 0.0575. The van der Waals surface area contributed by atoms with E-state index in [1.165, 1.54) is 77.0 Å². The molecule has 0 amide bonds. The Bertz CT molecular complexity index is 635. The Kier molecular flexibility index (Phi) is 29.2. The summed E-state index contributed by atoms with van der Waals surface area (Å²) in [5, 5.41) is 9.42. The van der Waals surface area contributed by atoms with Gasteiger partial charge in [-0.05, 0) is 51.4 Å². The Balaban J connectivity index is 3.61. The van der Waals surface area contributed by atoms with Crippen LogP contribution >= 0.6 is 0 Å². The van der Waals surface area contributed by atoms with Crippen LogP contribution in [0.1, 0.15) is 168 Å². The van der Waals surface area contributed by atoms with Crippen LogP contribution in [0.15, 0.2) is 36.5 Å². The number of carboxylic acid groups (broad SMARTS) is 1. The molecule has 0 bridgehead atoms. The number of carbonyl (C=O) groups is 2. The van der Waals surface area contributed by atoms with Crippen molar-refractivity contribution in [3.05, 3.63) is 36.5 Å². The number of aliphatic carboxylic acids is 1. The van der Waals surface area contributed by atoms with Gasteiger partial charge in [-0.3, -0.25) is 4.79 Å². The third kappa shape index (κ3) is 29.0. The summed E-state index contributed by atoms with van der Waals surface area (Å²) in [6.45, 7) is 4.40. The van der Waals surface area contributed by atoms with Crippen LogP contribution in [0.2, 0.25) is 0 Å². The van der Waals surface area contributed by atoms with Gasteiger partial charge in [0.1, 0.15) is 0 Å². The number of allylic oxidation sites excluding steroid dienone is 6. The molecule has 1 atom stereocenters. The van der Waals surface area contributed by atoms with Crippen molar-refractivity contribution < 1.29 is 19.4 Å². The molecule has 0 aliphatic rings. The van der Waals surface area contributed by atoms with Gasteiger partial charge in [0.15, 0.2) is 6.10 Å². The Morgan fingerprint density at radius 2 is 1.05 bits per heavy atom. The first-order valence-corrected chi connectivity index (χ1v) is 16.5. The smallest absolute Gasteiger partial charge is 0.345 e. The van der Waals surface area contributed by atoms with E-state index in [-0.39, 0.29) is 5.97 Å². The number of unbranched alkanes of at least 4 members (excludes halogenated alkanes) is 17. The Morgan fingerprint density at radius 1 is 0.590 bits per heavy atom. The summed E-state index contributed by atoms with van der Waals surface area (Å²) in [7, 11) is 0. The summed E-state index contributed by atoms with van der Waals surface area (Å²) < 4.78 is 5.28. The minimum atomic E-state index is -1.01. The highest BCUT2D eigenvalue weighted by Crippen LogP contribution is 2.15. The fraction of sp³-hybridized carbons (Fsp3) is 0.771. The maximum Gasteiger partial charge on any atom is 0.345 e. The molecule has 0 saturated carbocycles. The second-order valence-corrected chi connectivity index (χ2v) is 10.9. The standard InChI is InChI=1S/C35H62O4/c1-3-5-7-9-11-13-15-16-17-18-19-20-22-24-26-28-30-32-34(36)39-33(35(37)38)31-29-27-25-23-21-14-12-10-8-6-4-2/h5,7,11,13,16-17,33H,3-4,6,8-10,12,14-15,18-32H2,1-2H3,(H,37,38)/b7-5-,13-11-,17-16-. The predicted octanol–water partition coefficient (Wildman–Crippen LogP) is 11.1. The van der Waals surface area contributed by atoms with E-state index in [9.17, 15) is 14.7 Å². The molecule has 0 aromatic rings. The number of hydrogen-bond acceptors (Lipinski definition) is 3. The number of rotatable bonds is 29. The van der Waals surface area contributed by atoms with Crippen LogP contribution in [0.3, 0.4) is 0 Å². The van der Waals surface area contributed by atoms with E-state index in [0.717, 1.165) is 64.2 Å². The molecule has 4 heteroatoms. The zero-order valence-corrected chi connectivity index (χ0v) is 25.7. The third-order valence-electron chi connectivity index (χ3n) is 7.15. The van der Waals surface area contributed by atoms with Crippen LogP contribution in [0.25, 0.3) is 0 Å². The molecule has 226 valence electrons. The van der Waals surface area contributed by atoms with Crippen molar-refractivity contribution in [1.82, 2.24) is 0 Å². The molecule has 0 aromatic carbocycles. The molecule has 4 nitrogen and oxygen atoms in total. The Hall–Kier alpha value is -1.84. The van der Waals surface area contributed by atoms with E-state index < -0.39 is 12.1 Å². The minimum Gasteiger partial charge on any atom is -0.479 e. The molecule has 0 spiro atoms. The molecule has 39 heavy (non-hydrogen) atoms. The lowest BCUT2D eigenvalue weighted by molar-refractivity contribution is -0.164. The molecule has 0 aliphatic heterocycles. The maximum atomic E-state index is 12.1. The van der Waals surface area contributed by atoms with Crippen molar-refractivity contribution in [3.63, 3.8) is 0 Å². The van der Waals surface area contributed by atoms with Gasteiger partial charge in [-0.25, -0.2) is 4.79 Å². The van der Waals surface area contributed by atoms with Gasteiger partial charge in [-0.2, -0.15) is 0 Å². The van der Waals surface area contributed by atoms with E-state index in [1.54, 1.807) is 0 Å². The van der Waals surface area contributed by atoms with Gasteiger partial charge >= 0.3 is 11.9 Å². The zero-order valence-electron chi connectivity index (χ0n) is 25.7. The van der Waals surface area contributed by atoms with Gasteiger partial charge in [-0.15, -0.1) is 0 Å². The molecule has 0 fully saturated rings. The molecule has 0 rings (SSSR count). The first kappa shape index (κ1) is 37.2. The van der Waals surface area contributed by atoms with Crippen LogP contribution in [0, 0.1) is 0 Å². The molecule has 0 aromatic heterocycles. The molecule has 1 N–H and O–H groups in total. The van der Waals surface area contributed by atoms with Crippen molar-refractivity contribution in [1.29, 1.82) is 0 Å². The normalized spacial score (nSPS) is 12.7. The van der Waals surface area contributed by atoms with Crippen LogP contribution in [0.4, 0.5) is 0 Å². The average Bonchev–Trinajstić information content (AvgIpc) is 2.92. The summed E-state index contributed by atoms with van der Waals surface area (Å²) in [6, 6.07) is 0. The molecule has 0 saturated heterocycles. The number of esters is 1. The first-order valence-electron chi connectivity index (χ1n) is 16.5. The van der Waals surface area contributed by atoms with Gasteiger partial charge in [-0.1, -0.05) is 147 Å². The zero-order chi connectivity index (χ0) is 28.7. The SMILES string of the molecule is CC/C=C\C/C=C\C/C=C\CCCCCCCCCC(=O)OC(CCCCCCCCCCCCC)C(=O)O. The number of hydrogen-bond donors (Lipinski definition) is 1. The van der Waals surface area contributed by atoms with Gasteiger partial charge in [0.2, 0.25) is 0 Å². The van der Waals surface area contributed by atoms with Gasteiger partial charge < -0.3 is 9.84 Å². The number of carbonyl (C=O) groups excluding carboxylic acids is 1. The van der Waals surface area contributed by atoms with Crippen LogP contribution in [-0.4, -0.2) is 23.1 Å². The fourth-order valence-electron chi connectivity index (χ4n) is 4.69. The molecular weight excluding hydrogens is 484 g/mol. The Morgan fingerprint density at radius 3 is 1.59 bits per heavy atom. The van der Waals surface area contributed by atoms with E-state index in [2.05, 4.69) is 50.3 Å². The molecule has 0 heterocycles. The second-order valence-electron chi connectivity index (χ2n) is 10.9. The van der Waals surface area contributed by atoms with Crippen molar-refractivity contribution in [2.24, 2.45) is 0 Å². The highest BCUT2D eigenvalue weighted by Gasteiger charge is 2.21. The van der Waals surface area contributed by atoms with Crippen molar-refractivity contribution in [3.8, 4) is 0 Å². The Labute approximate surface area is 241 Å². The highest BCUT2D eigenvalue weighted by molar-refractivity contribution is 5.77. The topological polar surface area (TPSA) is 63.6 Å². The third-order valence-corrected chi connectivity index (χ3v) is 7.15. The van der Waals surface area contributed by atoms with Gasteiger partial charge in [0, 0.05) is 6.42 Å². The molecule has 1 unspecified atom stereocenters. The first-order chi connectivity index (χ1) is 19.1. The molecular formula is C35H62O4. The highest BCUT2D eigenvalue weighted by atomic mass is 16.6. The fourth-order valence-corrected chi connectivity index (χ4v) is 4.69. The van der Waals surface area contributed by atoms with Gasteiger partial charge in [0.25, 0.3) is 0 Å². The summed E-state index contributed by atoms with van der Waals surface area (Å²) in [6.07, 6.45) is 38.8. The second kappa shape index (κ2) is 30.7. The number of carboxylic acids is 1. The van der Waals surface area contributed by atoms with E-state index in [4.69, 9.17) is 4.74 Å². The predicted molar refractivity (Wildman–Crippen MR) is 167 cm³/mol. The largest absolute Gasteiger partial charge is 0.479 e. The lowest BCUT2D eigenvalue weighted by atomic mass is 10.0. The summed E-state index contributed by atoms with van der Waals surface area (Å²) in [4.78, 5) is 23.6. The summed E-state index contributed by atoms with van der Waals surface area (Å²) in [5.41, 5.74) is 0. The average molecular weight is 547 g/mol. The van der Waals surface area contributed by atoms with Crippen LogP contribution in [0.5, 0.6) is 0 Å². The number of ether oxygens (including phenoxy) is 1. The lowest BCUT2D eigenvalue weighted by Crippen LogP contribution is -2.27. The van der Waals surface area contributed by atoms with E-state index in [0.29, 0.717) is 12.8 Å². The van der Waals surface area contributed by atoms with E-state index in [1.807, 2.05) is 0 Å². The van der Waals surface area contributed by atoms with Crippen molar-refractivity contribution >= 4 is 11.9 Å². The molecule has 0 aliphatic carbocycles. The summed E-state index contributed by atoms with van der Waals surface area (Å²) in [5.74, 6) is -1.37. The van der Waals surface area contributed by atoms with Crippen LogP contribution in [-0.2, 0) is 14.3 Å². The van der Waals surface area contributed by atoms with Crippen LogP contribution < -0.4 is 0 Å². The van der Waals surface area contributed by atoms with E-state index >= 15 is 0 Å². The maximum absolute atomic E-state index is 12.1. The van der Waals surface area contributed by atoms with Crippen molar-refractivity contribution in [2.45, 2.75) is 174 Å². The monoisotopic (exact) mass is 546 g/mol. The minimum absolute atomic E-state index is 0.330. The molecule has 0 radical (unpaired) electrons. The summed E-state index contributed by atoms with van der Waals surface area (Å²) >= 11 is 0. The van der Waals surface area contributed by atoms with Crippen molar-refractivity contribution in [2.75, 3.05) is 0 Å².